The number of nitro groups is 1. The molecule has 2 aromatic rings. The summed E-state index contributed by atoms with van der Waals surface area (Å²) in [4.78, 5) is 10.3. The third-order valence-electron chi connectivity index (χ3n) is 3.04. The zero-order valence-electron chi connectivity index (χ0n) is 10.8. The normalized spacial score (nSPS) is 12.2. The summed E-state index contributed by atoms with van der Waals surface area (Å²) in [5.41, 5.74) is 1.61. The van der Waals surface area contributed by atoms with Crippen molar-refractivity contribution in [1.82, 2.24) is 0 Å². The van der Waals surface area contributed by atoms with Crippen molar-refractivity contribution in [3.8, 4) is 11.5 Å². The van der Waals surface area contributed by atoms with E-state index in [1.54, 1.807) is 18.2 Å². The van der Waals surface area contributed by atoms with Gasteiger partial charge >= 0.3 is 0 Å². The Morgan fingerprint density at radius 2 is 2.14 bits per heavy atom. The summed E-state index contributed by atoms with van der Waals surface area (Å²) >= 11 is 6.10. The summed E-state index contributed by atoms with van der Waals surface area (Å²) in [7, 11) is 0. The molecule has 0 radical (unpaired) electrons. The van der Waals surface area contributed by atoms with Crippen LogP contribution in [0.4, 0.5) is 11.4 Å². The van der Waals surface area contributed by atoms with Crippen molar-refractivity contribution in [2.75, 3.05) is 12.1 Å². The van der Waals surface area contributed by atoms with Gasteiger partial charge in [0.25, 0.3) is 5.69 Å². The molecule has 1 aliphatic rings. The predicted octanol–water partition coefficient (Wildman–Crippen LogP) is 3.59. The molecule has 0 saturated carbocycles. The third kappa shape index (κ3) is 2.85. The SMILES string of the molecule is O=[N+]([O-])c1cccc(NCc2cc(Cl)c3c(c2)OCO3)c1. The lowest BCUT2D eigenvalue weighted by molar-refractivity contribution is -0.384. The van der Waals surface area contributed by atoms with Crippen molar-refractivity contribution in [2.24, 2.45) is 0 Å². The van der Waals surface area contributed by atoms with Gasteiger partial charge in [-0.1, -0.05) is 17.7 Å². The maximum atomic E-state index is 10.7. The van der Waals surface area contributed by atoms with Crippen LogP contribution in [0.3, 0.4) is 0 Å². The number of fused-ring (bicyclic) bond motifs is 1. The van der Waals surface area contributed by atoms with Gasteiger partial charge in [0.15, 0.2) is 11.5 Å². The average Bonchev–Trinajstić information content (AvgIpc) is 2.94. The van der Waals surface area contributed by atoms with Crippen LogP contribution in [0.15, 0.2) is 36.4 Å². The highest BCUT2D eigenvalue weighted by atomic mass is 35.5. The van der Waals surface area contributed by atoms with Crippen LogP contribution in [-0.2, 0) is 6.54 Å². The molecule has 0 unspecified atom stereocenters. The number of ether oxygens (including phenoxy) is 2. The molecular weight excluding hydrogens is 296 g/mol. The zero-order valence-corrected chi connectivity index (χ0v) is 11.6. The number of nitrogens with zero attached hydrogens (tertiary/aromatic N) is 1. The van der Waals surface area contributed by atoms with Crippen molar-refractivity contribution in [1.29, 1.82) is 0 Å². The average molecular weight is 307 g/mol. The predicted molar refractivity (Wildman–Crippen MR) is 78.0 cm³/mol. The van der Waals surface area contributed by atoms with E-state index < -0.39 is 4.92 Å². The largest absolute Gasteiger partial charge is 0.454 e. The first kappa shape index (κ1) is 13.5. The number of hydrogen-bond donors (Lipinski definition) is 1. The van der Waals surface area contributed by atoms with Crippen LogP contribution in [0.1, 0.15) is 5.56 Å². The van der Waals surface area contributed by atoms with Gasteiger partial charge in [-0.15, -0.1) is 0 Å². The Hall–Kier alpha value is -2.47. The van der Waals surface area contributed by atoms with Crippen LogP contribution < -0.4 is 14.8 Å². The van der Waals surface area contributed by atoms with Crippen LogP contribution in [-0.4, -0.2) is 11.7 Å². The number of nitrogens with one attached hydrogen (secondary N) is 1. The van der Waals surface area contributed by atoms with Gasteiger partial charge in [-0.3, -0.25) is 10.1 Å². The molecule has 1 aliphatic heterocycles. The molecule has 7 heteroatoms. The second-order valence-electron chi connectivity index (χ2n) is 4.47. The minimum atomic E-state index is -0.428. The molecule has 0 spiro atoms. The summed E-state index contributed by atoms with van der Waals surface area (Å²) in [6.07, 6.45) is 0. The second-order valence-corrected chi connectivity index (χ2v) is 4.88. The van der Waals surface area contributed by atoms with Crippen molar-refractivity contribution in [2.45, 2.75) is 6.54 Å². The highest BCUT2D eigenvalue weighted by Gasteiger charge is 2.18. The van der Waals surface area contributed by atoms with Crippen LogP contribution in [0.2, 0.25) is 5.02 Å². The highest BCUT2D eigenvalue weighted by Crippen LogP contribution is 2.39. The van der Waals surface area contributed by atoms with Gasteiger partial charge in [0.2, 0.25) is 6.79 Å². The second kappa shape index (κ2) is 5.49. The summed E-state index contributed by atoms with van der Waals surface area (Å²) in [5, 5.41) is 14.3. The van der Waals surface area contributed by atoms with Crippen molar-refractivity contribution in [3.63, 3.8) is 0 Å². The Morgan fingerprint density at radius 1 is 1.29 bits per heavy atom. The van der Waals surface area contributed by atoms with Gasteiger partial charge in [-0.25, -0.2) is 0 Å². The quantitative estimate of drug-likeness (QED) is 0.690. The molecule has 2 aromatic carbocycles. The maximum absolute atomic E-state index is 10.7. The van der Waals surface area contributed by atoms with Crippen LogP contribution >= 0.6 is 11.6 Å². The van der Waals surface area contributed by atoms with E-state index in [0.717, 1.165) is 5.56 Å². The fraction of sp³-hybridized carbons (Fsp3) is 0.143. The Balaban J connectivity index is 1.75. The van der Waals surface area contributed by atoms with E-state index in [4.69, 9.17) is 21.1 Å². The first-order valence-electron chi connectivity index (χ1n) is 6.20. The molecule has 6 nitrogen and oxygen atoms in total. The number of benzene rings is 2. The number of non-ortho nitro benzene ring substituents is 1. The molecular formula is C14H11ClN2O4. The number of rotatable bonds is 4. The van der Waals surface area contributed by atoms with Crippen molar-refractivity contribution in [3.05, 3.63) is 57.1 Å². The van der Waals surface area contributed by atoms with Crippen molar-refractivity contribution >= 4 is 23.0 Å². The minimum Gasteiger partial charge on any atom is -0.454 e. The van der Waals surface area contributed by atoms with E-state index in [1.165, 1.54) is 12.1 Å². The van der Waals surface area contributed by atoms with E-state index >= 15 is 0 Å². The smallest absolute Gasteiger partial charge is 0.271 e. The molecule has 0 fully saturated rings. The molecule has 0 saturated heterocycles. The molecule has 21 heavy (non-hydrogen) atoms. The fourth-order valence-corrected chi connectivity index (χ4v) is 2.34. The minimum absolute atomic E-state index is 0.0451. The first-order valence-corrected chi connectivity index (χ1v) is 6.57. The monoisotopic (exact) mass is 306 g/mol. The summed E-state index contributed by atoms with van der Waals surface area (Å²) < 4.78 is 10.5. The van der Waals surface area contributed by atoms with E-state index in [0.29, 0.717) is 28.8 Å². The summed E-state index contributed by atoms with van der Waals surface area (Å²) in [6, 6.07) is 9.93. The summed E-state index contributed by atoms with van der Waals surface area (Å²) in [6.45, 7) is 0.633. The Labute approximate surface area is 125 Å². The maximum Gasteiger partial charge on any atom is 0.271 e. The van der Waals surface area contributed by atoms with Crippen LogP contribution in [0.5, 0.6) is 11.5 Å². The number of nitro benzene ring substituents is 1. The van der Waals surface area contributed by atoms with E-state index in [2.05, 4.69) is 5.32 Å². The molecule has 0 aromatic heterocycles. The molecule has 3 rings (SSSR count). The zero-order chi connectivity index (χ0) is 14.8. The van der Waals surface area contributed by atoms with Gasteiger partial charge < -0.3 is 14.8 Å². The van der Waals surface area contributed by atoms with E-state index in [9.17, 15) is 10.1 Å². The molecule has 0 aliphatic carbocycles. The molecule has 0 amide bonds. The van der Waals surface area contributed by atoms with Gasteiger partial charge in [0.05, 0.1) is 9.95 Å². The van der Waals surface area contributed by atoms with Gasteiger partial charge in [-0.2, -0.15) is 0 Å². The van der Waals surface area contributed by atoms with Crippen LogP contribution in [0.25, 0.3) is 0 Å². The lowest BCUT2D eigenvalue weighted by atomic mass is 10.2. The Bertz CT molecular complexity index is 705. The first-order chi connectivity index (χ1) is 10.1. The summed E-state index contributed by atoms with van der Waals surface area (Å²) in [5.74, 6) is 1.16. The van der Waals surface area contributed by atoms with Gasteiger partial charge in [-0.05, 0) is 23.8 Å². The van der Waals surface area contributed by atoms with Gasteiger partial charge in [0, 0.05) is 24.4 Å². The fourth-order valence-electron chi connectivity index (χ4n) is 2.06. The Morgan fingerprint density at radius 3 is 2.95 bits per heavy atom. The topological polar surface area (TPSA) is 73.6 Å². The van der Waals surface area contributed by atoms with Crippen molar-refractivity contribution < 1.29 is 14.4 Å². The van der Waals surface area contributed by atoms with Gasteiger partial charge in [0.1, 0.15) is 0 Å². The van der Waals surface area contributed by atoms with Crippen LogP contribution in [0, 0.1) is 10.1 Å². The lowest BCUT2D eigenvalue weighted by Gasteiger charge is -2.08. The number of halogens is 1. The van der Waals surface area contributed by atoms with E-state index in [-0.39, 0.29) is 12.5 Å². The number of hydrogen-bond acceptors (Lipinski definition) is 5. The molecule has 1 heterocycles. The standard InChI is InChI=1S/C14H11ClN2O4/c15-12-4-9(5-13-14(12)21-8-20-13)7-16-10-2-1-3-11(6-10)17(18)19/h1-6,16H,7-8H2. The number of anilines is 1. The molecule has 108 valence electrons. The molecule has 0 atom stereocenters. The molecule has 1 N–H and O–H groups in total. The lowest BCUT2D eigenvalue weighted by Crippen LogP contribution is -2.00. The van der Waals surface area contributed by atoms with E-state index in [1.807, 2.05) is 6.07 Å². The molecule has 0 bridgehead atoms. The third-order valence-corrected chi connectivity index (χ3v) is 3.32. The Kier molecular flexibility index (Phi) is 3.53. The highest BCUT2D eigenvalue weighted by molar-refractivity contribution is 6.32.